The van der Waals surface area contributed by atoms with E-state index in [4.69, 9.17) is 9.47 Å². The van der Waals surface area contributed by atoms with Crippen LogP contribution in [0.4, 0.5) is 5.69 Å². The van der Waals surface area contributed by atoms with Gasteiger partial charge in [0.2, 0.25) is 5.91 Å². The first kappa shape index (κ1) is 13.5. The molecule has 22 heavy (non-hydrogen) atoms. The Kier molecular flexibility index (Phi) is 2.72. The lowest BCUT2D eigenvalue weighted by Gasteiger charge is -2.22. The molecule has 0 unspecified atom stereocenters. The Morgan fingerprint density at radius 3 is 2.91 bits per heavy atom. The summed E-state index contributed by atoms with van der Waals surface area (Å²) >= 11 is 0. The maximum atomic E-state index is 13.0. The van der Waals surface area contributed by atoms with E-state index in [9.17, 15) is 9.59 Å². The molecule has 0 aliphatic carbocycles. The molecule has 1 aromatic carbocycles. The summed E-state index contributed by atoms with van der Waals surface area (Å²) in [4.78, 5) is 26.8. The Bertz CT molecular complexity index is 698. The number of anilines is 1. The first-order valence-corrected chi connectivity index (χ1v) is 7.39. The van der Waals surface area contributed by atoms with Gasteiger partial charge in [-0.3, -0.25) is 9.59 Å². The van der Waals surface area contributed by atoms with E-state index in [1.54, 1.807) is 4.90 Å². The molecule has 0 saturated carbocycles. The molecule has 5 nitrogen and oxygen atoms in total. The van der Waals surface area contributed by atoms with E-state index in [2.05, 4.69) is 0 Å². The average molecular weight is 299 g/mol. The highest BCUT2D eigenvalue weighted by molar-refractivity contribution is 6.03. The van der Waals surface area contributed by atoms with E-state index in [0.29, 0.717) is 6.54 Å². The third kappa shape index (κ3) is 1.57. The minimum Gasteiger partial charge on any atom is -0.469 e. The third-order valence-electron chi connectivity index (χ3n) is 4.98. The predicted octanol–water partition coefficient (Wildman–Crippen LogP) is 1.45. The van der Waals surface area contributed by atoms with Gasteiger partial charge in [-0.1, -0.05) is 30.4 Å². The van der Waals surface area contributed by atoms with Crippen molar-refractivity contribution >= 4 is 17.6 Å². The largest absolute Gasteiger partial charge is 0.469 e. The molecule has 3 heterocycles. The van der Waals surface area contributed by atoms with Gasteiger partial charge in [0.05, 0.1) is 25.7 Å². The summed E-state index contributed by atoms with van der Waals surface area (Å²) in [7, 11) is 1.35. The molecule has 5 heteroatoms. The van der Waals surface area contributed by atoms with Crippen molar-refractivity contribution in [3.63, 3.8) is 0 Å². The zero-order valence-electron chi connectivity index (χ0n) is 12.5. The molecule has 0 aromatic heterocycles. The lowest BCUT2D eigenvalue weighted by molar-refractivity contribution is -0.149. The Morgan fingerprint density at radius 1 is 1.41 bits per heavy atom. The summed E-state index contributed by atoms with van der Waals surface area (Å²) < 4.78 is 10.9. The third-order valence-corrected chi connectivity index (χ3v) is 4.98. The Morgan fingerprint density at radius 2 is 2.18 bits per heavy atom. The van der Waals surface area contributed by atoms with Crippen molar-refractivity contribution < 1.29 is 19.1 Å². The highest BCUT2D eigenvalue weighted by Gasteiger charge is 2.67. The van der Waals surface area contributed by atoms with Crippen molar-refractivity contribution in [2.75, 3.05) is 18.6 Å². The minimum atomic E-state index is -0.692. The molecule has 1 aromatic rings. The predicted molar refractivity (Wildman–Crippen MR) is 79.3 cm³/mol. The van der Waals surface area contributed by atoms with Gasteiger partial charge in [-0.2, -0.15) is 0 Å². The van der Waals surface area contributed by atoms with Gasteiger partial charge in [-0.15, -0.1) is 0 Å². The van der Waals surface area contributed by atoms with E-state index < -0.39 is 17.4 Å². The van der Waals surface area contributed by atoms with Gasteiger partial charge in [-0.25, -0.2) is 0 Å². The van der Waals surface area contributed by atoms with Gasteiger partial charge in [0.1, 0.15) is 11.5 Å². The molecule has 1 amide bonds. The zero-order chi connectivity index (χ0) is 15.5. The molecule has 114 valence electrons. The van der Waals surface area contributed by atoms with E-state index in [0.717, 1.165) is 11.3 Å². The zero-order valence-corrected chi connectivity index (χ0v) is 12.5. The summed E-state index contributed by atoms with van der Waals surface area (Å²) in [6.45, 7) is 2.42. The number of esters is 1. The highest BCUT2D eigenvalue weighted by atomic mass is 16.5. The van der Waals surface area contributed by atoms with Crippen LogP contribution in [0, 0.1) is 18.8 Å². The fraction of sp³-hybridized carbons (Fsp3) is 0.412. The first-order valence-electron chi connectivity index (χ1n) is 7.39. The summed E-state index contributed by atoms with van der Waals surface area (Å²) in [5.74, 6) is -1.47. The van der Waals surface area contributed by atoms with Crippen LogP contribution in [0.2, 0.25) is 0 Å². The van der Waals surface area contributed by atoms with Crippen molar-refractivity contribution in [3.8, 4) is 0 Å². The second-order valence-electron chi connectivity index (χ2n) is 6.13. The van der Waals surface area contributed by atoms with Crippen LogP contribution in [0.1, 0.15) is 5.56 Å². The monoisotopic (exact) mass is 299 g/mol. The lowest BCUT2D eigenvalue weighted by atomic mass is 9.77. The van der Waals surface area contributed by atoms with E-state index in [-0.39, 0.29) is 18.0 Å². The maximum absolute atomic E-state index is 13.0. The number of carbonyl (C=O) groups is 2. The molecule has 2 saturated heterocycles. The number of carbonyl (C=O) groups excluding carboxylic acids is 2. The van der Waals surface area contributed by atoms with Crippen LogP contribution in [0.3, 0.4) is 0 Å². The smallest absolute Gasteiger partial charge is 0.312 e. The van der Waals surface area contributed by atoms with Crippen LogP contribution >= 0.6 is 0 Å². The number of benzene rings is 1. The van der Waals surface area contributed by atoms with E-state index in [1.807, 2.05) is 43.3 Å². The molecule has 3 aliphatic heterocycles. The summed E-state index contributed by atoms with van der Waals surface area (Å²) in [5, 5.41) is 0. The average Bonchev–Trinajstić information content (AvgIpc) is 3.15. The number of ether oxygens (including phenoxy) is 2. The fourth-order valence-corrected chi connectivity index (χ4v) is 3.97. The molecule has 1 spiro atoms. The summed E-state index contributed by atoms with van der Waals surface area (Å²) in [5.41, 5.74) is 1.21. The molecular formula is C17H17NO4. The topological polar surface area (TPSA) is 55.8 Å². The molecule has 4 atom stereocenters. The van der Waals surface area contributed by atoms with Gasteiger partial charge in [-0.05, 0) is 18.6 Å². The number of rotatable bonds is 2. The van der Waals surface area contributed by atoms with Gasteiger partial charge in [0, 0.05) is 5.69 Å². The van der Waals surface area contributed by atoms with Crippen LogP contribution in [0.25, 0.3) is 0 Å². The number of aryl methyl sites for hydroxylation is 1. The Balaban J connectivity index is 1.75. The molecule has 3 aliphatic rings. The van der Waals surface area contributed by atoms with E-state index in [1.165, 1.54) is 7.11 Å². The standard InChI is InChI=1S/C17H17NO4/c1-10-5-3-4-6-11(10)18-9-17-8-7-12(22-17)13(16(20)21-2)14(17)15(18)19/h3-8,12-14H,9H2,1-2H3/t12-,13+,14+,17+/m1/s1. The van der Waals surface area contributed by atoms with E-state index >= 15 is 0 Å². The number of hydrogen-bond acceptors (Lipinski definition) is 4. The molecule has 2 fully saturated rings. The Hall–Kier alpha value is -2.14. The maximum Gasteiger partial charge on any atom is 0.312 e. The minimum absolute atomic E-state index is 0.0587. The summed E-state index contributed by atoms with van der Waals surface area (Å²) in [6, 6.07) is 7.75. The lowest BCUT2D eigenvalue weighted by Crippen LogP contribution is -2.39. The molecule has 0 N–H and O–H groups in total. The van der Waals surface area contributed by atoms with Crippen LogP contribution in [-0.2, 0) is 19.1 Å². The number of amides is 1. The van der Waals surface area contributed by atoms with Gasteiger partial charge in [0.15, 0.2) is 0 Å². The second kappa shape index (κ2) is 4.43. The van der Waals surface area contributed by atoms with Crippen LogP contribution < -0.4 is 4.90 Å². The van der Waals surface area contributed by atoms with Crippen molar-refractivity contribution in [1.82, 2.24) is 0 Å². The fourth-order valence-electron chi connectivity index (χ4n) is 3.97. The second-order valence-corrected chi connectivity index (χ2v) is 6.13. The number of nitrogens with zero attached hydrogens (tertiary/aromatic N) is 1. The SMILES string of the molecule is COC(=O)[C@@H]1[C@H]2C(=O)N(c3ccccc3C)C[C@@]23C=C[C@H]1O3. The van der Waals surface area contributed by atoms with Crippen LogP contribution in [0.15, 0.2) is 36.4 Å². The normalized spacial score (nSPS) is 35.1. The van der Waals surface area contributed by atoms with Crippen molar-refractivity contribution in [1.29, 1.82) is 0 Å². The molecule has 4 rings (SSSR count). The summed E-state index contributed by atoms with van der Waals surface area (Å²) in [6.07, 6.45) is 3.48. The van der Waals surface area contributed by atoms with Crippen LogP contribution in [-0.4, -0.2) is 37.2 Å². The molecule has 2 bridgehead atoms. The number of methoxy groups -OCH3 is 1. The number of para-hydroxylation sites is 1. The molecular weight excluding hydrogens is 282 g/mol. The van der Waals surface area contributed by atoms with Crippen molar-refractivity contribution in [3.05, 3.63) is 42.0 Å². The number of hydrogen-bond donors (Lipinski definition) is 0. The molecule has 0 radical (unpaired) electrons. The highest BCUT2D eigenvalue weighted by Crippen LogP contribution is 2.53. The Labute approximate surface area is 128 Å². The van der Waals surface area contributed by atoms with Crippen molar-refractivity contribution in [2.45, 2.75) is 18.6 Å². The van der Waals surface area contributed by atoms with Crippen LogP contribution in [0.5, 0.6) is 0 Å². The van der Waals surface area contributed by atoms with Gasteiger partial charge in [0.25, 0.3) is 0 Å². The quantitative estimate of drug-likeness (QED) is 0.613. The van der Waals surface area contributed by atoms with Gasteiger partial charge >= 0.3 is 5.97 Å². The van der Waals surface area contributed by atoms with Gasteiger partial charge < -0.3 is 14.4 Å². The number of fused-ring (bicyclic) bond motifs is 1. The first-order chi connectivity index (χ1) is 10.6. The van der Waals surface area contributed by atoms with Crippen molar-refractivity contribution in [2.24, 2.45) is 11.8 Å².